The summed E-state index contributed by atoms with van der Waals surface area (Å²) in [6, 6.07) is 0.330. The molecular formula is C43H52F4N6O9. The minimum absolute atomic E-state index is 0.0339. The number of nitrogens with zero attached hydrogens (tertiary/aromatic N) is 3. The maximum Gasteiger partial charge on any atom is 0.394 e. The number of carbonyl (C=O) groups is 7. The molecule has 0 spiro atoms. The molecule has 0 aliphatic carbocycles. The average Bonchev–Trinajstić information content (AvgIpc) is 3.85. The number of amides is 6. The Morgan fingerprint density at radius 1 is 0.839 bits per heavy atom. The van der Waals surface area contributed by atoms with Crippen molar-refractivity contribution in [3.63, 3.8) is 0 Å². The van der Waals surface area contributed by atoms with E-state index in [1.165, 1.54) is 52.8 Å². The third kappa shape index (κ3) is 11.0. The number of alkyl halides is 2. The highest BCUT2D eigenvalue weighted by Gasteiger charge is 2.47. The molecule has 19 heteroatoms. The first kappa shape index (κ1) is 45.8. The maximum atomic E-state index is 14.7. The topological polar surface area (TPSA) is 184 Å². The molecule has 15 nitrogen and oxygen atoms in total. The van der Waals surface area contributed by atoms with E-state index in [9.17, 15) is 51.1 Å². The second kappa shape index (κ2) is 19.1. The van der Waals surface area contributed by atoms with Gasteiger partial charge in [-0.15, -0.1) is 0 Å². The van der Waals surface area contributed by atoms with E-state index in [1.54, 1.807) is 0 Å². The second-order valence-corrected chi connectivity index (χ2v) is 16.8. The van der Waals surface area contributed by atoms with Gasteiger partial charge in [-0.3, -0.25) is 28.8 Å². The Kier molecular flexibility index (Phi) is 14.1. The lowest BCUT2D eigenvalue weighted by Crippen LogP contribution is -2.63. The van der Waals surface area contributed by atoms with Crippen molar-refractivity contribution < 1.29 is 60.6 Å². The molecule has 2 aromatic carbocycles. The van der Waals surface area contributed by atoms with Crippen LogP contribution in [-0.4, -0.2) is 124 Å². The highest BCUT2D eigenvalue weighted by Crippen LogP contribution is 2.29. The van der Waals surface area contributed by atoms with E-state index in [-0.39, 0.29) is 56.1 Å². The molecule has 0 aromatic heterocycles. The molecule has 6 amide bonds. The maximum absolute atomic E-state index is 14.7. The van der Waals surface area contributed by atoms with Crippen molar-refractivity contribution in [2.75, 3.05) is 19.6 Å². The van der Waals surface area contributed by atoms with Crippen LogP contribution in [0.25, 0.3) is 0 Å². The van der Waals surface area contributed by atoms with Crippen molar-refractivity contribution in [2.24, 2.45) is 5.92 Å². The smallest absolute Gasteiger partial charge is 0.394 e. The molecule has 4 heterocycles. The van der Waals surface area contributed by atoms with Gasteiger partial charge < -0.3 is 40.1 Å². The van der Waals surface area contributed by atoms with Gasteiger partial charge in [-0.05, 0) is 93.7 Å². The molecule has 0 saturated carbocycles. The van der Waals surface area contributed by atoms with Gasteiger partial charge in [0.15, 0.2) is 0 Å². The fourth-order valence-electron chi connectivity index (χ4n) is 8.71. The monoisotopic (exact) mass is 872 g/mol. The van der Waals surface area contributed by atoms with Crippen LogP contribution in [0, 0.1) is 17.6 Å². The quantitative estimate of drug-likeness (QED) is 0.252. The van der Waals surface area contributed by atoms with Gasteiger partial charge >= 0.3 is 12.1 Å². The lowest BCUT2D eigenvalue weighted by atomic mass is 9.99. The van der Waals surface area contributed by atoms with Gasteiger partial charge in [0.1, 0.15) is 59.7 Å². The highest BCUT2D eigenvalue weighted by atomic mass is 19.3. The molecule has 6 rings (SSSR count). The predicted octanol–water partition coefficient (Wildman–Crippen LogP) is 2.77. The molecule has 2 aromatic rings. The van der Waals surface area contributed by atoms with Crippen molar-refractivity contribution in [3.8, 4) is 5.75 Å². The molecule has 0 unspecified atom stereocenters. The van der Waals surface area contributed by atoms with E-state index >= 15 is 0 Å². The first-order valence-corrected chi connectivity index (χ1v) is 20.9. The summed E-state index contributed by atoms with van der Waals surface area (Å²) < 4.78 is 65.9. The largest absolute Gasteiger partial charge is 0.458 e. The number of hydrogen-bond acceptors (Lipinski definition) is 9. The Morgan fingerprint density at radius 3 is 2.16 bits per heavy atom. The number of carbonyl (C=O) groups excluding carboxylic acids is 7. The van der Waals surface area contributed by atoms with Crippen LogP contribution in [0.4, 0.5) is 17.6 Å². The second-order valence-electron chi connectivity index (χ2n) is 16.8. The lowest BCUT2D eigenvalue weighted by molar-refractivity contribution is -0.163. The lowest BCUT2D eigenvalue weighted by Gasteiger charge is -2.39. The summed E-state index contributed by atoms with van der Waals surface area (Å²) >= 11 is 0. The van der Waals surface area contributed by atoms with E-state index in [0.29, 0.717) is 44.2 Å². The molecular weight excluding hydrogens is 820 g/mol. The van der Waals surface area contributed by atoms with Gasteiger partial charge in [0.05, 0.1) is 6.42 Å². The Balaban J connectivity index is 1.32. The summed E-state index contributed by atoms with van der Waals surface area (Å²) in [5.41, 5.74) is 0.299. The predicted molar refractivity (Wildman–Crippen MR) is 212 cm³/mol. The minimum atomic E-state index is -3.45. The summed E-state index contributed by atoms with van der Waals surface area (Å²) in [6.07, 6.45) is -3.33. The number of hydrogen-bond donors (Lipinski definition) is 3. The van der Waals surface area contributed by atoms with Crippen molar-refractivity contribution in [1.82, 2.24) is 30.7 Å². The molecule has 4 aliphatic rings. The molecule has 0 bridgehead atoms. The van der Waals surface area contributed by atoms with E-state index in [1.807, 2.05) is 6.92 Å². The molecule has 336 valence electrons. The molecule has 62 heavy (non-hydrogen) atoms. The summed E-state index contributed by atoms with van der Waals surface area (Å²) in [5.74, 6) is -7.25. The number of nitrogens with one attached hydrogen (secondary N) is 3. The standard InChI is InChI=1S/C43H52F4N6O9/c1-23-16-34-42(60)61-25(3)36(41(59)52-15-7-9-33(52)40(58)51-14-6-5-8-32(51)38(56)48-24(2)39(57)53(34)22-23)50-37(55)31(19-27-17-28(44)21-29(45)18-27)49-35(54)20-26-10-12-30(13-11-26)62-43(4,46)47/h10-13,17-18,21,23-25,31-34,36H,5-9,14-16,19-20,22H2,1-4H3,(H,48,56)(H,49,54)(H,50,55)/t23-,24-,25-,31-,32-,33-,34-,36-/m0/s1. The Labute approximate surface area is 356 Å². The number of ether oxygens (including phenoxy) is 2. The summed E-state index contributed by atoms with van der Waals surface area (Å²) in [5, 5.41) is 7.88. The van der Waals surface area contributed by atoms with Crippen molar-refractivity contribution in [3.05, 3.63) is 65.2 Å². The van der Waals surface area contributed by atoms with Gasteiger partial charge in [0, 0.05) is 39.0 Å². The molecule has 0 radical (unpaired) electrons. The zero-order chi connectivity index (χ0) is 45.0. The van der Waals surface area contributed by atoms with Gasteiger partial charge in [-0.25, -0.2) is 13.6 Å². The third-order valence-electron chi connectivity index (χ3n) is 11.6. The van der Waals surface area contributed by atoms with Crippen LogP contribution in [0.3, 0.4) is 0 Å². The van der Waals surface area contributed by atoms with Crippen molar-refractivity contribution >= 4 is 41.4 Å². The molecule has 3 N–H and O–H groups in total. The van der Waals surface area contributed by atoms with Crippen LogP contribution in [0.2, 0.25) is 0 Å². The van der Waals surface area contributed by atoms with E-state index in [4.69, 9.17) is 4.74 Å². The number of cyclic esters (lactones) is 1. The molecule has 4 aliphatic heterocycles. The Hall–Kier alpha value is -5.75. The third-order valence-corrected chi connectivity index (χ3v) is 11.6. The van der Waals surface area contributed by atoms with Crippen LogP contribution in [0.1, 0.15) is 77.3 Å². The van der Waals surface area contributed by atoms with Gasteiger partial charge in [0.25, 0.3) is 0 Å². The number of piperidine rings is 1. The fourth-order valence-corrected chi connectivity index (χ4v) is 8.71. The van der Waals surface area contributed by atoms with E-state index in [0.717, 1.165) is 12.1 Å². The van der Waals surface area contributed by atoms with Crippen LogP contribution in [0.5, 0.6) is 5.75 Å². The summed E-state index contributed by atoms with van der Waals surface area (Å²) in [7, 11) is 0. The van der Waals surface area contributed by atoms with Gasteiger partial charge in [-0.2, -0.15) is 8.78 Å². The normalized spacial score (nSPS) is 26.8. The minimum Gasteiger partial charge on any atom is -0.458 e. The van der Waals surface area contributed by atoms with Gasteiger partial charge in [0.2, 0.25) is 35.4 Å². The number of halogens is 4. The van der Waals surface area contributed by atoms with Crippen LogP contribution < -0.4 is 20.7 Å². The SMILES string of the molecule is C[C@H]1C[C@H]2C(=O)O[C@@H](C)[C@H](NC(=O)[C@H](Cc3cc(F)cc(F)c3)NC(=O)Cc3ccc(OC(C)(F)F)cc3)C(=O)N3CCC[C@H]3C(=O)N3CCCC[C@H]3C(=O)N[C@@H](C)C(=O)N2C1. The summed E-state index contributed by atoms with van der Waals surface area (Å²) in [4.78, 5) is 102. The van der Waals surface area contributed by atoms with Gasteiger partial charge in [-0.1, -0.05) is 19.1 Å². The number of esters is 1. The number of rotatable bonds is 9. The number of benzene rings is 2. The number of fused-ring (bicyclic) bond motifs is 3. The van der Waals surface area contributed by atoms with E-state index < -0.39 is 108 Å². The van der Waals surface area contributed by atoms with Crippen molar-refractivity contribution in [1.29, 1.82) is 0 Å². The highest BCUT2D eigenvalue weighted by molar-refractivity contribution is 5.98. The van der Waals surface area contributed by atoms with Crippen LogP contribution in [-0.2, 0) is 51.1 Å². The first-order chi connectivity index (χ1) is 29.3. The fraction of sp³-hybridized carbons (Fsp3) is 0.558. The first-order valence-electron chi connectivity index (χ1n) is 20.9. The zero-order valence-electron chi connectivity index (χ0n) is 35.0. The zero-order valence-corrected chi connectivity index (χ0v) is 35.0. The van der Waals surface area contributed by atoms with Crippen LogP contribution >= 0.6 is 0 Å². The Morgan fingerprint density at radius 2 is 1.48 bits per heavy atom. The van der Waals surface area contributed by atoms with E-state index in [2.05, 4.69) is 20.7 Å². The molecule has 4 saturated heterocycles. The van der Waals surface area contributed by atoms with Crippen LogP contribution in [0.15, 0.2) is 42.5 Å². The Bertz CT molecular complexity index is 2030. The van der Waals surface area contributed by atoms with Crippen molar-refractivity contribution in [2.45, 2.75) is 128 Å². The summed E-state index contributed by atoms with van der Waals surface area (Å²) in [6.45, 7) is 5.75. The molecule has 4 fully saturated rings. The molecule has 8 atom stereocenters. The average molecular weight is 873 g/mol.